The van der Waals surface area contributed by atoms with Crippen molar-refractivity contribution in [3.8, 4) is 0 Å². The smallest absolute Gasteiger partial charge is 0.275 e. The van der Waals surface area contributed by atoms with Crippen molar-refractivity contribution in [3.63, 3.8) is 0 Å². The van der Waals surface area contributed by atoms with E-state index in [4.69, 9.17) is 0 Å². The number of hydrogen-bond acceptors (Lipinski definition) is 6. The van der Waals surface area contributed by atoms with Crippen molar-refractivity contribution in [2.45, 2.75) is 32.9 Å². The molecule has 0 saturated carbocycles. The molecule has 124 valence electrons. The van der Waals surface area contributed by atoms with Crippen LogP contribution in [-0.4, -0.2) is 61.3 Å². The van der Waals surface area contributed by atoms with Gasteiger partial charge in [-0.3, -0.25) is 14.4 Å². The summed E-state index contributed by atoms with van der Waals surface area (Å²) in [5.74, 6) is -0.00337. The number of amides is 1. The maximum absolute atomic E-state index is 12.4. The standard InChI is InChI=1S/C15H22N6OS/c1-2-4-21-11-13(9-16-21)10-19-5-3-6-20(8-7-19)15(22)14-12-23-18-17-14/h9,11-12H,2-8,10H2,1H3. The van der Waals surface area contributed by atoms with Crippen molar-refractivity contribution in [1.82, 2.24) is 29.2 Å². The Morgan fingerprint density at radius 2 is 2.22 bits per heavy atom. The van der Waals surface area contributed by atoms with Crippen LogP contribution >= 0.6 is 11.5 Å². The lowest BCUT2D eigenvalue weighted by Gasteiger charge is -2.20. The number of carbonyl (C=O) groups excluding carboxylic acids is 1. The molecule has 3 heterocycles. The molecule has 7 nitrogen and oxygen atoms in total. The summed E-state index contributed by atoms with van der Waals surface area (Å²) < 4.78 is 5.77. The molecule has 0 radical (unpaired) electrons. The van der Waals surface area contributed by atoms with E-state index in [9.17, 15) is 4.79 Å². The molecular formula is C15H22N6OS. The van der Waals surface area contributed by atoms with E-state index in [0.717, 1.165) is 52.1 Å². The van der Waals surface area contributed by atoms with E-state index in [1.165, 1.54) is 17.1 Å². The average Bonchev–Trinajstić information content (AvgIpc) is 3.17. The summed E-state index contributed by atoms with van der Waals surface area (Å²) in [6.45, 7) is 7.40. The first-order valence-electron chi connectivity index (χ1n) is 8.06. The van der Waals surface area contributed by atoms with Crippen molar-refractivity contribution in [2.24, 2.45) is 0 Å². The Morgan fingerprint density at radius 3 is 3.00 bits per heavy atom. The molecule has 1 aliphatic rings. The Balaban J connectivity index is 1.54. The monoisotopic (exact) mass is 334 g/mol. The Kier molecular flexibility index (Phi) is 5.35. The molecule has 0 aromatic carbocycles. The molecule has 0 unspecified atom stereocenters. The number of nitrogens with zero attached hydrogens (tertiary/aromatic N) is 6. The van der Waals surface area contributed by atoms with Gasteiger partial charge in [0.25, 0.3) is 5.91 Å². The van der Waals surface area contributed by atoms with Gasteiger partial charge < -0.3 is 4.90 Å². The van der Waals surface area contributed by atoms with E-state index in [1.54, 1.807) is 5.38 Å². The molecule has 1 aliphatic heterocycles. The van der Waals surface area contributed by atoms with Crippen molar-refractivity contribution in [1.29, 1.82) is 0 Å². The molecule has 0 bridgehead atoms. The molecule has 0 spiro atoms. The summed E-state index contributed by atoms with van der Waals surface area (Å²) in [5.41, 5.74) is 1.70. The largest absolute Gasteiger partial charge is 0.336 e. The average molecular weight is 334 g/mol. The van der Waals surface area contributed by atoms with Crippen LogP contribution in [0.15, 0.2) is 17.8 Å². The fourth-order valence-corrected chi connectivity index (χ4v) is 3.28. The van der Waals surface area contributed by atoms with Crippen molar-refractivity contribution < 1.29 is 4.79 Å². The highest BCUT2D eigenvalue weighted by molar-refractivity contribution is 7.03. The Hall–Kier alpha value is -1.80. The van der Waals surface area contributed by atoms with Gasteiger partial charge in [0.1, 0.15) is 0 Å². The molecule has 23 heavy (non-hydrogen) atoms. The summed E-state index contributed by atoms with van der Waals surface area (Å²) in [4.78, 5) is 16.6. The number of rotatable bonds is 5. The van der Waals surface area contributed by atoms with Crippen LogP contribution in [0.25, 0.3) is 0 Å². The Labute approximate surface area is 140 Å². The molecule has 1 amide bonds. The second-order valence-corrected chi connectivity index (χ2v) is 6.43. The minimum Gasteiger partial charge on any atom is -0.336 e. The summed E-state index contributed by atoms with van der Waals surface area (Å²) in [7, 11) is 0. The molecule has 0 N–H and O–H groups in total. The predicted molar refractivity (Wildman–Crippen MR) is 88.2 cm³/mol. The van der Waals surface area contributed by atoms with Crippen LogP contribution < -0.4 is 0 Å². The van der Waals surface area contributed by atoms with E-state index in [1.807, 2.05) is 15.8 Å². The Morgan fingerprint density at radius 1 is 1.30 bits per heavy atom. The zero-order valence-corrected chi connectivity index (χ0v) is 14.2. The lowest BCUT2D eigenvalue weighted by Crippen LogP contribution is -2.35. The molecule has 1 saturated heterocycles. The van der Waals surface area contributed by atoms with Gasteiger partial charge in [0.15, 0.2) is 5.69 Å². The third kappa shape index (κ3) is 4.14. The molecule has 2 aromatic rings. The summed E-state index contributed by atoms with van der Waals surface area (Å²) in [6.07, 6.45) is 6.14. The number of aromatic nitrogens is 4. The zero-order chi connectivity index (χ0) is 16.1. The molecule has 3 rings (SSSR count). The van der Waals surface area contributed by atoms with Gasteiger partial charge in [-0.25, -0.2) is 0 Å². The topological polar surface area (TPSA) is 67.2 Å². The van der Waals surface area contributed by atoms with Crippen LogP contribution in [0, 0.1) is 0 Å². The van der Waals surface area contributed by atoms with Crippen LogP contribution in [0.2, 0.25) is 0 Å². The number of carbonyl (C=O) groups is 1. The third-order valence-corrected chi connectivity index (χ3v) is 4.51. The Bertz CT molecular complexity index is 626. The van der Waals surface area contributed by atoms with E-state index in [-0.39, 0.29) is 5.91 Å². The van der Waals surface area contributed by atoms with Gasteiger partial charge in [0.2, 0.25) is 0 Å². The number of hydrogen-bond donors (Lipinski definition) is 0. The first kappa shape index (κ1) is 16.1. The first-order valence-corrected chi connectivity index (χ1v) is 8.90. The van der Waals surface area contributed by atoms with Gasteiger partial charge in [0.05, 0.1) is 6.20 Å². The molecule has 1 fully saturated rings. The summed E-state index contributed by atoms with van der Waals surface area (Å²) in [5, 5.41) is 9.98. The second-order valence-electron chi connectivity index (χ2n) is 5.82. The summed E-state index contributed by atoms with van der Waals surface area (Å²) >= 11 is 1.22. The van der Waals surface area contributed by atoms with Crippen LogP contribution in [-0.2, 0) is 13.1 Å². The van der Waals surface area contributed by atoms with Crippen molar-refractivity contribution in [2.75, 3.05) is 26.2 Å². The van der Waals surface area contributed by atoms with E-state index < -0.39 is 0 Å². The lowest BCUT2D eigenvalue weighted by molar-refractivity contribution is 0.0755. The highest BCUT2D eigenvalue weighted by atomic mass is 32.1. The van der Waals surface area contributed by atoms with Gasteiger partial charge >= 0.3 is 0 Å². The second kappa shape index (κ2) is 7.65. The highest BCUT2D eigenvalue weighted by Crippen LogP contribution is 2.11. The van der Waals surface area contributed by atoms with Crippen molar-refractivity contribution in [3.05, 3.63) is 29.0 Å². The van der Waals surface area contributed by atoms with Crippen LogP contribution in [0.4, 0.5) is 0 Å². The maximum Gasteiger partial charge on any atom is 0.275 e. The van der Waals surface area contributed by atoms with Gasteiger partial charge in [-0.2, -0.15) is 5.10 Å². The van der Waals surface area contributed by atoms with E-state index >= 15 is 0 Å². The van der Waals surface area contributed by atoms with Gasteiger partial charge in [-0.1, -0.05) is 11.4 Å². The highest BCUT2D eigenvalue weighted by Gasteiger charge is 2.22. The van der Waals surface area contributed by atoms with E-state index in [2.05, 4.69) is 32.7 Å². The molecule has 0 atom stereocenters. The molecule has 0 aliphatic carbocycles. The first-order chi connectivity index (χ1) is 11.3. The molecular weight excluding hydrogens is 312 g/mol. The third-order valence-electron chi connectivity index (χ3n) is 4.00. The van der Waals surface area contributed by atoms with Crippen molar-refractivity contribution >= 4 is 17.4 Å². The maximum atomic E-state index is 12.4. The van der Waals surface area contributed by atoms with Crippen LogP contribution in [0.5, 0.6) is 0 Å². The molecule has 2 aromatic heterocycles. The van der Waals surface area contributed by atoms with E-state index in [0.29, 0.717) is 5.69 Å². The molecule has 8 heteroatoms. The quantitative estimate of drug-likeness (QED) is 0.829. The fraction of sp³-hybridized carbons (Fsp3) is 0.600. The fourth-order valence-electron chi connectivity index (χ4n) is 2.85. The minimum atomic E-state index is -0.00337. The number of aryl methyl sites for hydroxylation is 1. The van der Waals surface area contributed by atoms with Gasteiger partial charge in [0, 0.05) is 56.4 Å². The minimum absolute atomic E-state index is 0.00337. The van der Waals surface area contributed by atoms with Gasteiger partial charge in [-0.15, -0.1) is 5.10 Å². The van der Waals surface area contributed by atoms with Crippen LogP contribution in [0.1, 0.15) is 35.8 Å². The normalized spacial score (nSPS) is 16.5. The summed E-state index contributed by atoms with van der Waals surface area (Å²) in [6, 6.07) is 0. The van der Waals surface area contributed by atoms with Gasteiger partial charge in [-0.05, 0) is 24.4 Å². The predicted octanol–water partition coefficient (Wildman–Crippen LogP) is 1.49. The zero-order valence-electron chi connectivity index (χ0n) is 13.4. The van der Waals surface area contributed by atoms with Crippen LogP contribution in [0.3, 0.4) is 0 Å². The lowest BCUT2D eigenvalue weighted by atomic mass is 10.3. The SMILES string of the molecule is CCCn1cc(CN2CCCN(C(=O)c3csnn3)CC2)cn1.